The van der Waals surface area contributed by atoms with E-state index in [9.17, 15) is 24.5 Å². The van der Waals surface area contributed by atoms with Gasteiger partial charge in [0.1, 0.15) is 6.54 Å². The number of rotatable bonds is 5. The Hall–Kier alpha value is -3.95. The number of anilines is 1. The number of nitro benzene ring substituents is 1. The normalized spacial score (nSPS) is 13.5. The maximum Gasteiger partial charge on any atom is 0.420 e. The van der Waals surface area contributed by atoms with Gasteiger partial charge < -0.3 is 14.6 Å². The zero-order chi connectivity index (χ0) is 21.3. The summed E-state index contributed by atoms with van der Waals surface area (Å²) in [5, 5.41) is 13.5. The van der Waals surface area contributed by atoms with Crippen molar-refractivity contribution in [3.8, 4) is 0 Å². The number of oxazole rings is 1. The summed E-state index contributed by atoms with van der Waals surface area (Å²) in [7, 11) is 0. The van der Waals surface area contributed by atoms with Gasteiger partial charge in [0.05, 0.1) is 16.5 Å². The number of carbonyl (C=O) groups is 2. The van der Waals surface area contributed by atoms with Gasteiger partial charge in [0.15, 0.2) is 5.58 Å². The summed E-state index contributed by atoms with van der Waals surface area (Å²) in [4.78, 5) is 48.9. The molecule has 0 atom stereocenters. The summed E-state index contributed by atoms with van der Waals surface area (Å²) in [6, 6.07) is 10.3. The van der Waals surface area contributed by atoms with Crippen molar-refractivity contribution in [2.75, 3.05) is 18.4 Å². The minimum absolute atomic E-state index is 0.0316. The van der Waals surface area contributed by atoms with Gasteiger partial charge in [-0.3, -0.25) is 24.3 Å². The van der Waals surface area contributed by atoms with Crippen LogP contribution < -0.4 is 11.1 Å². The molecule has 2 aromatic carbocycles. The maximum absolute atomic E-state index is 12.4. The minimum atomic E-state index is -0.785. The summed E-state index contributed by atoms with van der Waals surface area (Å²) in [6.45, 7) is 1.19. The third kappa shape index (κ3) is 3.79. The van der Waals surface area contributed by atoms with Crippen molar-refractivity contribution < 1.29 is 18.9 Å². The van der Waals surface area contributed by atoms with Gasteiger partial charge in [-0.1, -0.05) is 0 Å². The maximum atomic E-state index is 12.4. The molecule has 154 valence electrons. The number of nitrogens with one attached hydrogen (secondary N) is 1. The van der Waals surface area contributed by atoms with Crippen molar-refractivity contribution in [3.05, 3.63) is 68.7 Å². The lowest BCUT2D eigenvalue weighted by Gasteiger charge is -2.15. The van der Waals surface area contributed by atoms with Crippen LogP contribution in [-0.2, 0) is 11.3 Å². The first-order valence-electron chi connectivity index (χ1n) is 9.39. The third-order valence-corrected chi connectivity index (χ3v) is 4.97. The largest absolute Gasteiger partial charge is 0.420 e. The van der Waals surface area contributed by atoms with E-state index in [2.05, 4.69) is 5.32 Å². The molecule has 1 aliphatic rings. The molecule has 0 unspecified atom stereocenters. The summed E-state index contributed by atoms with van der Waals surface area (Å²) in [5.41, 5.74) is 1.14. The van der Waals surface area contributed by atoms with Gasteiger partial charge in [-0.25, -0.2) is 4.79 Å². The van der Waals surface area contributed by atoms with Crippen molar-refractivity contribution in [2.45, 2.75) is 19.4 Å². The summed E-state index contributed by atoms with van der Waals surface area (Å²) < 4.78 is 6.11. The van der Waals surface area contributed by atoms with Gasteiger partial charge in [-0.15, -0.1) is 0 Å². The number of aromatic nitrogens is 1. The average molecular weight is 410 g/mol. The van der Waals surface area contributed by atoms with E-state index >= 15 is 0 Å². The van der Waals surface area contributed by atoms with Crippen LogP contribution in [0.15, 0.2) is 51.7 Å². The number of benzene rings is 2. The molecule has 4 rings (SSSR count). The standard InChI is InChI=1S/C20H18N4O6/c25-18(12-23-16-8-7-15(24(28)29)11-17(16)30-20(23)27)21-14-5-3-13(4-6-14)19(26)22-9-1-2-10-22/h3-8,11H,1-2,9-10,12H2,(H,21,25). The Morgan fingerprint density at radius 2 is 1.80 bits per heavy atom. The highest BCUT2D eigenvalue weighted by molar-refractivity contribution is 5.96. The monoisotopic (exact) mass is 410 g/mol. The fourth-order valence-corrected chi connectivity index (χ4v) is 3.46. The number of fused-ring (bicyclic) bond motifs is 1. The molecule has 1 aliphatic heterocycles. The van der Waals surface area contributed by atoms with E-state index in [4.69, 9.17) is 4.42 Å². The van der Waals surface area contributed by atoms with Crippen LogP contribution in [0.25, 0.3) is 11.1 Å². The van der Waals surface area contributed by atoms with Gasteiger partial charge in [0.25, 0.3) is 11.6 Å². The Bertz CT molecular complexity index is 1190. The van der Waals surface area contributed by atoms with Crippen LogP contribution in [0.4, 0.5) is 11.4 Å². The molecule has 0 radical (unpaired) electrons. The van der Waals surface area contributed by atoms with E-state index in [0.717, 1.165) is 36.6 Å². The Morgan fingerprint density at radius 3 is 2.47 bits per heavy atom. The zero-order valence-electron chi connectivity index (χ0n) is 15.9. The molecule has 1 aromatic heterocycles. The first-order chi connectivity index (χ1) is 14.4. The summed E-state index contributed by atoms with van der Waals surface area (Å²) in [6.07, 6.45) is 2.02. The Labute approximate surface area is 169 Å². The van der Waals surface area contributed by atoms with Gasteiger partial charge in [0.2, 0.25) is 5.91 Å². The number of nitrogens with zero attached hydrogens (tertiary/aromatic N) is 3. The van der Waals surface area contributed by atoms with Crippen LogP contribution in [0.2, 0.25) is 0 Å². The predicted molar refractivity (Wildman–Crippen MR) is 107 cm³/mol. The van der Waals surface area contributed by atoms with Crippen LogP contribution in [0, 0.1) is 10.1 Å². The molecule has 3 aromatic rings. The summed E-state index contributed by atoms with van der Waals surface area (Å²) in [5.74, 6) is -1.29. The summed E-state index contributed by atoms with van der Waals surface area (Å²) >= 11 is 0. The lowest BCUT2D eigenvalue weighted by molar-refractivity contribution is -0.384. The molecule has 10 heteroatoms. The first-order valence-corrected chi connectivity index (χ1v) is 9.39. The molecule has 1 N–H and O–H groups in total. The van der Waals surface area contributed by atoms with Crippen LogP contribution in [-0.4, -0.2) is 39.3 Å². The number of carbonyl (C=O) groups excluding carboxylic acids is 2. The molecule has 30 heavy (non-hydrogen) atoms. The molecule has 10 nitrogen and oxygen atoms in total. The molecular formula is C20H18N4O6. The van der Waals surface area contributed by atoms with E-state index in [1.165, 1.54) is 12.1 Å². The Balaban J connectivity index is 1.46. The van der Waals surface area contributed by atoms with Crippen molar-refractivity contribution in [1.29, 1.82) is 0 Å². The molecule has 0 aliphatic carbocycles. The van der Waals surface area contributed by atoms with Crippen molar-refractivity contribution in [3.63, 3.8) is 0 Å². The quantitative estimate of drug-likeness (QED) is 0.508. The molecule has 0 saturated carbocycles. The molecule has 1 saturated heterocycles. The number of hydrogen-bond donors (Lipinski definition) is 1. The predicted octanol–water partition coefficient (Wildman–Crippen LogP) is 2.38. The molecule has 2 amide bonds. The number of hydrogen-bond acceptors (Lipinski definition) is 6. The highest BCUT2D eigenvalue weighted by atomic mass is 16.6. The van der Waals surface area contributed by atoms with Crippen LogP contribution >= 0.6 is 0 Å². The highest BCUT2D eigenvalue weighted by Crippen LogP contribution is 2.20. The fraction of sp³-hybridized carbons (Fsp3) is 0.250. The van der Waals surface area contributed by atoms with Crippen molar-refractivity contribution in [2.24, 2.45) is 0 Å². The van der Waals surface area contributed by atoms with Gasteiger partial charge in [0, 0.05) is 30.4 Å². The third-order valence-electron chi connectivity index (χ3n) is 4.97. The number of nitro groups is 1. The lowest BCUT2D eigenvalue weighted by Crippen LogP contribution is -2.27. The number of non-ortho nitro benzene ring substituents is 1. The fourth-order valence-electron chi connectivity index (χ4n) is 3.46. The van der Waals surface area contributed by atoms with Crippen LogP contribution in [0.5, 0.6) is 0 Å². The second kappa shape index (κ2) is 7.82. The number of likely N-dealkylation sites (tertiary alicyclic amines) is 1. The van der Waals surface area contributed by atoms with E-state index in [1.807, 2.05) is 0 Å². The van der Waals surface area contributed by atoms with Gasteiger partial charge >= 0.3 is 5.76 Å². The molecule has 2 heterocycles. The minimum Gasteiger partial charge on any atom is -0.407 e. The molecule has 1 fully saturated rings. The second-order valence-corrected chi connectivity index (χ2v) is 6.99. The highest BCUT2D eigenvalue weighted by Gasteiger charge is 2.20. The van der Waals surface area contributed by atoms with Gasteiger partial charge in [-0.05, 0) is 43.2 Å². The smallest absolute Gasteiger partial charge is 0.407 e. The topological polar surface area (TPSA) is 128 Å². The Morgan fingerprint density at radius 1 is 1.10 bits per heavy atom. The molecular weight excluding hydrogens is 392 g/mol. The first kappa shape index (κ1) is 19.4. The van der Waals surface area contributed by atoms with E-state index in [-0.39, 0.29) is 29.2 Å². The lowest BCUT2D eigenvalue weighted by atomic mass is 10.2. The van der Waals surface area contributed by atoms with Crippen molar-refractivity contribution in [1.82, 2.24) is 9.47 Å². The van der Waals surface area contributed by atoms with E-state index in [0.29, 0.717) is 11.3 Å². The van der Waals surface area contributed by atoms with Crippen molar-refractivity contribution >= 4 is 34.3 Å². The average Bonchev–Trinajstić information content (AvgIpc) is 3.36. The second-order valence-electron chi connectivity index (χ2n) is 6.99. The van der Waals surface area contributed by atoms with Crippen LogP contribution in [0.1, 0.15) is 23.2 Å². The molecule has 0 spiro atoms. The van der Waals surface area contributed by atoms with E-state index in [1.54, 1.807) is 29.2 Å². The molecule has 0 bridgehead atoms. The van der Waals surface area contributed by atoms with Gasteiger partial charge in [-0.2, -0.15) is 0 Å². The van der Waals surface area contributed by atoms with E-state index < -0.39 is 16.6 Å². The Kier molecular flexibility index (Phi) is 5.05. The SMILES string of the molecule is O=C(Cn1c(=O)oc2cc([N+](=O)[O-])ccc21)Nc1ccc(C(=O)N2CCCC2)cc1. The number of amides is 2. The zero-order valence-corrected chi connectivity index (χ0v) is 15.9. The van der Waals surface area contributed by atoms with Crippen LogP contribution in [0.3, 0.4) is 0 Å².